The summed E-state index contributed by atoms with van der Waals surface area (Å²) in [6.45, 7) is 3.08. The number of methoxy groups -OCH3 is 1. The maximum Gasteiger partial charge on any atom is 0.167 e. The number of phenols is 1. The number of ether oxygens (including phenoxy) is 2. The monoisotopic (exact) mass is 427 g/mol. The first kappa shape index (κ1) is 19.1. The van der Waals surface area contributed by atoms with Crippen molar-refractivity contribution in [3.05, 3.63) is 81.8 Å². The summed E-state index contributed by atoms with van der Waals surface area (Å²) in [4.78, 5) is 0. The van der Waals surface area contributed by atoms with Crippen molar-refractivity contribution in [1.82, 2.24) is 0 Å². The molecule has 0 radical (unpaired) electrons. The smallest absolute Gasteiger partial charge is 0.167 e. The number of aryl methyl sites for hydroxylation is 1. The van der Waals surface area contributed by atoms with Gasteiger partial charge in [-0.2, -0.15) is 0 Å². The van der Waals surface area contributed by atoms with Crippen LogP contribution in [0.5, 0.6) is 17.2 Å². The number of aromatic hydroxyl groups is 1. The molecule has 0 heterocycles. The van der Waals surface area contributed by atoms with Crippen LogP contribution in [-0.2, 0) is 13.2 Å². The Hall–Kier alpha value is -2.66. The Balaban J connectivity index is 1.83. The quantitative estimate of drug-likeness (QED) is 0.477. The fourth-order valence-corrected chi connectivity index (χ4v) is 3.21. The maximum absolute atomic E-state index is 9.43. The van der Waals surface area contributed by atoms with Crippen LogP contribution in [0.2, 0.25) is 0 Å². The first-order chi connectivity index (χ1) is 13.1. The number of hydrogen-bond acceptors (Lipinski definition) is 4. The molecule has 27 heavy (non-hydrogen) atoms. The molecule has 0 aliphatic heterocycles. The molecule has 0 amide bonds. The molecule has 0 aliphatic carbocycles. The number of benzene rings is 3. The minimum atomic E-state index is 0.241. The molecule has 0 spiro atoms. The van der Waals surface area contributed by atoms with Gasteiger partial charge in [0.1, 0.15) is 12.4 Å². The third kappa shape index (κ3) is 4.74. The summed E-state index contributed by atoms with van der Waals surface area (Å²) in [6, 6.07) is 19.0. The molecule has 2 N–H and O–H groups in total. The van der Waals surface area contributed by atoms with E-state index < -0.39 is 0 Å². The van der Waals surface area contributed by atoms with Crippen molar-refractivity contribution in [2.45, 2.75) is 20.1 Å². The van der Waals surface area contributed by atoms with E-state index in [0.717, 1.165) is 21.3 Å². The van der Waals surface area contributed by atoms with Gasteiger partial charge in [0.05, 0.1) is 7.11 Å². The molecule has 0 unspecified atom stereocenters. The summed E-state index contributed by atoms with van der Waals surface area (Å²) < 4.78 is 12.6. The van der Waals surface area contributed by atoms with E-state index in [2.05, 4.69) is 40.3 Å². The predicted molar refractivity (Wildman–Crippen MR) is 112 cm³/mol. The van der Waals surface area contributed by atoms with Crippen molar-refractivity contribution in [3.63, 3.8) is 0 Å². The van der Waals surface area contributed by atoms with E-state index in [4.69, 9.17) is 9.47 Å². The minimum Gasteiger partial charge on any atom is -0.508 e. The van der Waals surface area contributed by atoms with E-state index in [1.165, 1.54) is 5.56 Å². The first-order valence-corrected chi connectivity index (χ1v) is 9.43. The molecule has 0 atom stereocenters. The average molecular weight is 428 g/mol. The molecule has 5 heteroatoms. The lowest BCUT2D eigenvalue weighted by Gasteiger charge is -2.18. The second kappa shape index (κ2) is 8.82. The average Bonchev–Trinajstić information content (AvgIpc) is 2.68. The zero-order valence-corrected chi connectivity index (χ0v) is 16.9. The van der Waals surface area contributed by atoms with Gasteiger partial charge in [0, 0.05) is 22.3 Å². The second-order valence-corrected chi connectivity index (χ2v) is 7.03. The van der Waals surface area contributed by atoms with E-state index in [0.29, 0.717) is 24.7 Å². The molecular formula is C22H22BrNO3. The molecular weight excluding hydrogens is 406 g/mol. The normalized spacial score (nSPS) is 10.5. The fourth-order valence-electron chi connectivity index (χ4n) is 2.76. The number of hydrogen-bond donors (Lipinski definition) is 2. The highest BCUT2D eigenvalue weighted by molar-refractivity contribution is 9.10. The van der Waals surface area contributed by atoms with Crippen LogP contribution >= 0.6 is 15.9 Å². The third-order valence-electron chi connectivity index (χ3n) is 4.36. The summed E-state index contributed by atoms with van der Waals surface area (Å²) >= 11 is 3.62. The zero-order chi connectivity index (χ0) is 19.2. The van der Waals surface area contributed by atoms with Crippen LogP contribution in [0.25, 0.3) is 0 Å². The third-order valence-corrected chi connectivity index (χ3v) is 5.10. The standard InChI is InChI=1S/C22H22BrNO3/c1-15-5-3-4-6-16(15)14-27-22-19(20(23)11-12-21(22)26-2)13-24-17-7-9-18(25)10-8-17/h3-12,24-25H,13-14H2,1-2H3. The molecule has 0 saturated carbocycles. The molecule has 3 aromatic carbocycles. The summed E-state index contributed by atoms with van der Waals surface area (Å²) in [5.41, 5.74) is 4.20. The summed E-state index contributed by atoms with van der Waals surface area (Å²) in [6.07, 6.45) is 0. The lowest BCUT2D eigenvalue weighted by Crippen LogP contribution is -2.06. The predicted octanol–water partition coefficient (Wildman–Crippen LogP) is 5.66. The Morgan fingerprint density at radius 3 is 2.44 bits per heavy atom. The zero-order valence-electron chi connectivity index (χ0n) is 15.3. The Morgan fingerprint density at radius 2 is 1.74 bits per heavy atom. The highest BCUT2D eigenvalue weighted by Crippen LogP contribution is 2.37. The van der Waals surface area contributed by atoms with Crippen molar-refractivity contribution >= 4 is 21.6 Å². The number of rotatable bonds is 7. The van der Waals surface area contributed by atoms with Gasteiger partial charge in [-0.25, -0.2) is 0 Å². The van der Waals surface area contributed by atoms with E-state index in [9.17, 15) is 5.11 Å². The van der Waals surface area contributed by atoms with Gasteiger partial charge >= 0.3 is 0 Å². The summed E-state index contributed by atoms with van der Waals surface area (Å²) in [5, 5.41) is 12.8. The van der Waals surface area contributed by atoms with Crippen LogP contribution in [-0.4, -0.2) is 12.2 Å². The van der Waals surface area contributed by atoms with E-state index in [1.54, 1.807) is 19.2 Å². The Bertz CT molecular complexity index is 910. The number of halogens is 1. The Kier molecular flexibility index (Phi) is 6.24. The lowest BCUT2D eigenvalue weighted by atomic mass is 10.1. The Labute approximate surface area is 167 Å². The molecule has 0 aliphatic rings. The Morgan fingerprint density at radius 1 is 1.00 bits per heavy atom. The topological polar surface area (TPSA) is 50.7 Å². The lowest BCUT2D eigenvalue weighted by molar-refractivity contribution is 0.281. The van der Waals surface area contributed by atoms with Gasteiger partial charge in [-0.15, -0.1) is 0 Å². The van der Waals surface area contributed by atoms with Gasteiger partial charge in [-0.1, -0.05) is 40.2 Å². The van der Waals surface area contributed by atoms with Crippen LogP contribution in [0.15, 0.2) is 65.1 Å². The second-order valence-electron chi connectivity index (χ2n) is 6.17. The van der Waals surface area contributed by atoms with E-state index >= 15 is 0 Å². The number of anilines is 1. The molecule has 0 aromatic heterocycles. The van der Waals surface area contributed by atoms with Crippen molar-refractivity contribution in [2.75, 3.05) is 12.4 Å². The number of nitrogens with one attached hydrogen (secondary N) is 1. The van der Waals surface area contributed by atoms with Crippen molar-refractivity contribution < 1.29 is 14.6 Å². The summed E-state index contributed by atoms with van der Waals surface area (Å²) in [5.74, 6) is 1.64. The molecule has 3 rings (SSSR count). The van der Waals surface area contributed by atoms with E-state index in [1.807, 2.05) is 36.4 Å². The van der Waals surface area contributed by atoms with E-state index in [-0.39, 0.29) is 5.75 Å². The number of phenolic OH excluding ortho intramolecular Hbond substituents is 1. The SMILES string of the molecule is COc1ccc(Br)c(CNc2ccc(O)cc2)c1OCc1ccccc1C. The van der Waals surface area contributed by atoms with Gasteiger partial charge < -0.3 is 19.9 Å². The molecule has 4 nitrogen and oxygen atoms in total. The maximum atomic E-state index is 9.43. The highest BCUT2D eigenvalue weighted by Gasteiger charge is 2.15. The van der Waals surface area contributed by atoms with Gasteiger partial charge in [0.25, 0.3) is 0 Å². The largest absolute Gasteiger partial charge is 0.508 e. The summed E-state index contributed by atoms with van der Waals surface area (Å²) in [7, 11) is 1.64. The molecule has 3 aromatic rings. The highest BCUT2D eigenvalue weighted by atomic mass is 79.9. The van der Waals surface area contributed by atoms with Crippen molar-refractivity contribution in [1.29, 1.82) is 0 Å². The molecule has 140 valence electrons. The van der Waals surface area contributed by atoms with Crippen molar-refractivity contribution in [3.8, 4) is 17.2 Å². The molecule has 0 saturated heterocycles. The van der Waals surface area contributed by atoms with Gasteiger partial charge in [-0.05, 0) is 54.4 Å². The van der Waals surface area contributed by atoms with Crippen LogP contribution < -0.4 is 14.8 Å². The van der Waals surface area contributed by atoms with Crippen LogP contribution in [0.4, 0.5) is 5.69 Å². The first-order valence-electron chi connectivity index (χ1n) is 8.64. The fraction of sp³-hybridized carbons (Fsp3) is 0.182. The van der Waals surface area contributed by atoms with Crippen molar-refractivity contribution in [2.24, 2.45) is 0 Å². The van der Waals surface area contributed by atoms with Crippen LogP contribution in [0.3, 0.4) is 0 Å². The van der Waals surface area contributed by atoms with Gasteiger partial charge in [-0.3, -0.25) is 0 Å². The van der Waals surface area contributed by atoms with Crippen LogP contribution in [0.1, 0.15) is 16.7 Å². The minimum absolute atomic E-state index is 0.241. The van der Waals surface area contributed by atoms with Gasteiger partial charge in [0.2, 0.25) is 0 Å². The molecule has 0 bridgehead atoms. The van der Waals surface area contributed by atoms with Crippen LogP contribution in [0, 0.1) is 6.92 Å². The molecule has 0 fully saturated rings. The van der Waals surface area contributed by atoms with Gasteiger partial charge in [0.15, 0.2) is 11.5 Å².